The Labute approximate surface area is 121 Å². The molecule has 0 heterocycles. The predicted octanol–water partition coefficient (Wildman–Crippen LogP) is 3.35. The Kier molecular flexibility index (Phi) is 4.11. The van der Waals surface area contributed by atoms with Crippen molar-refractivity contribution >= 4 is 27.7 Å². The van der Waals surface area contributed by atoms with E-state index in [0.29, 0.717) is 22.6 Å². The molecule has 0 amide bonds. The highest BCUT2D eigenvalue weighted by Crippen LogP contribution is 2.28. The lowest BCUT2D eigenvalue weighted by Gasteiger charge is -2.09. The Morgan fingerprint density at radius 2 is 1.90 bits per heavy atom. The highest BCUT2D eigenvalue weighted by atomic mass is 35.5. The van der Waals surface area contributed by atoms with Gasteiger partial charge in [-0.1, -0.05) is 17.7 Å². The maximum atomic E-state index is 11.5. The van der Waals surface area contributed by atoms with Gasteiger partial charge in [-0.2, -0.15) is 0 Å². The summed E-state index contributed by atoms with van der Waals surface area (Å²) in [6, 6.07) is 10.6. The number of hydrogen-bond acceptors (Lipinski definition) is 4. The zero-order chi connectivity index (χ0) is 14.8. The summed E-state index contributed by atoms with van der Waals surface area (Å²) in [5, 5.41) is 0.421. The first-order chi connectivity index (χ1) is 9.40. The highest BCUT2D eigenvalue weighted by molar-refractivity contribution is 7.90. The van der Waals surface area contributed by atoms with E-state index in [0.717, 1.165) is 6.26 Å². The second-order valence-corrected chi connectivity index (χ2v) is 6.60. The molecule has 0 aliphatic rings. The van der Waals surface area contributed by atoms with Crippen molar-refractivity contribution in [3.63, 3.8) is 0 Å². The number of carbonyl (C=O) groups is 1. The number of benzene rings is 2. The summed E-state index contributed by atoms with van der Waals surface area (Å²) >= 11 is 5.85. The predicted molar refractivity (Wildman–Crippen MR) is 76.5 cm³/mol. The van der Waals surface area contributed by atoms with Crippen LogP contribution in [-0.2, 0) is 9.84 Å². The summed E-state index contributed by atoms with van der Waals surface area (Å²) in [6.07, 6.45) is 1.76. The number of halogens is 1. The molecule has 0 aliphatic heterocycles. The van der Waals surface area contributed by atoms with Gasteiger partial charge in [0.25, 0.3) is 0 Å². The third-order valence-corrected chi connectivity index (χ3v) is 3.91. The zero-order valence-electron chi connectivity index (χ0n) is 10.5. The molecule has 6 heteroatoms. The second kappa shape index (κ2) is 5.64. The first kappa shape index (κ1) is 14.6. The van der Waals surface area contributed by atoms with Gasteiger partial charge in [0.2, 0.25) is 0 Å². The van der Waals surface area contributed by atoms with E-state index in [9.17, 15) is 13.2 Å². The van der Waals surface area contributed by atoms with Gasteiger partial charge < -0.3 is 4.74 Å². The Morgan fingerprint density at radius 1 is 1.15 bits per heavy atom. The average Bonchev–Trinajstić information content (AvgIpc) is 2.38. The van der Waals surface area contributed by atoms with Crippen LogP contribution in [-0.4, -0.2) is 21.0 Å². The van der Waals surface area contributed by atoms with Crippen molar-refractivity contribution in [1.29, 1.82) is 0 Å². The van der Waals surface area contributed by atoms with Crippen LogP contribution in [0.3, 0.4) is 0 Å². The van der Waals surface area contributed by atoms with Gasteiger partial charge in [0.1, 0.15) is 11.5 Å². The van der Waals surface area contributed by atoms with Crippen LogP contribution in [0.2, 0.25) is 5.02 Å². The second-order valence-electron chi connectivity index (χ2n) is 4.15. The molecule has 0 radical (unpaired) electrons. The molecule has 0 atom stereocenters. The molecule has 0 unspecified atom stereocenters. The maximum Gasteiger partial charge on any atom is 0.175 e. The fourth-order valence-corrected chi connectivity index (χ4v) is 2.41. The van der Waals surface area contributed by atoms with Gasteiger partial charge >= 0.3 is 0 Å². The first-order valence-electron chi connectivity index (χ1n) is 5.63. The van der Waals surface area contributed by atoms with Gasteiger partial charge in [-0.15, -0.1) is 0 Å². The van der Waals surface area contributed by atoms with Gasteiger partial charge in [-0.3, -0.25) is 4.79 Å². The summed E-state index contributed by atoms with van der Waals surface area (Å²) in [5.74, 6) is 0.594. The van der Waals surface area contributed by atoms with Crippen molar-refractivity contribution in [2.75, 3.05) is 6.26 Å². The summed E-state index contributed by atoms with van der Waals surface area (Å²) < 4.78 is 28.5. The number of aldehydes is 1. The van der Waals surface area contributed by atoms with Crippen LogP contribution in [0.1, 0.15) is 10.4 Å². The summed E-state index contributed by atoms with van der Waals surface area (Å²) in [6.45, 7) is 0. The molecule has 0 aliphatic carbocycles. The van der Waals surface area contributed by atoms with Crippen LogP contribution in [0.4, 0.5) is 0 Å². The van der Waals surface area contributed by atoms with E-state index in [1.54, 1.807) is 18.2 Å². The van der Waals surface area contributed by atoms with Crippen LogP contribution < -0.4 is 4.74 Å². The van der Waals surface area contributed by atoms with Crippen LogP contribution in [0, 0.1) is 0 Å². The minimum absolute atomic E-state index is 0.143. The summed E-state index contributed by atoms with van der Waals surface area (Å²) in [5.41, 5.74) is 0.333. The van der Waals surface area contributed by atoms with Gasteiger partial charge in [0.15, 0.2) is 16.1 Å². The van der Waals surface area contributed by atoms with E-state index in [4.69, 9.17) is 16.3 Å². The van der Waals surface area contributed by atoms with Crippen LogP contribution >= 0.6 is 11.6 Å². The van der Waals surface area contributed by atoms with E-state index >= 15 is 0 Å². The van der Waals surface area contributed by atoms with Gasteiger partial charge in [0, 0.05) is 17.3 Å². The monoisotopic (exact) mass is 310 g/mol. The van der Waals surface area contributed by atoms with Gasteiger partial charge in [-0.25, -0.2) is 8.42 Å². The molecule has 2 rings (SSSR count). The normalized spacial score (nSPS) is 11.1. The first-order valence-corrected chi connectivity index (χ1v) is 7.90. The molecule has 0 saturated heterocycles. The number of ether oxygens (including phenoxy) is 1. The van der Waals surface area contributed by atoms with Crippen molar-refractivity contribution in [1.82, 2.24) is 0 Å². The summed E-state index contributed by atoms with van der Waals surface area (Å²) in [4.78, 5) is 11.1. The Hall–Kier alpha value is -1.85. The van der Waals surface area contributed by atoms with E-state index < -0.39 is 9.84 Å². The lowest BCUT2D eigenvalue weighted by molar-refractivity contribution is 0.112. The van der Waals surface area contributed by atoms with Crippen LogP contribution in [0.15, 0.2) is 47.4 Å². The van der Waals surface area contributed by atoms with E-state index in [-0.39, 0.29) is 10.6 Å². The molecule has 0 N–H and O–H groups in total. The molecular formula is C14H11ClO4S. The lowest BCUT2D eigenvalue weighted by Crippen LogP contribution is -1.97. The fourth-order valence-electron chi connectivity index (χ4n) is 1.59. The minimum atomic E-state index is -3.32. The van der Waals surface area contributed by atoms with E-state index in [1.165, 1.54) is 24.3 Å². The van der Waals surface area contributed by atoms with Gasteiger partial charge in [0.05, 0.1) is 10.5 Å². The minimum Gasteiger partial charge on any atom is -0.457 e. The Morgan fingerprint density at radius 3 is 2.55 bits per heavy atom. The molecular weight excluding hydrogens is 300 g/mol. The third kappa shape index (κ3) is 3.37. The zero-order valence-corrected chi connectivity index (χ0v) is 12.1. The number of sulfone groups is 1. The molecule has 0 bridgehead atoms. The lowest BCUT2D eigenvalue weighted by atomic mass is 10.2. The van der Waals surface area contributed by atoms with Crippen molar-refractivity contribution < 1.29 is 17.9 Å². The Bertz CT molecular complexity index is 754. The average molecular weight is 311 g/mol. The van der Waals surface area contributed by atoms with Crippen molar-refractivity contribution in [2.45, 2.75) is 4.90 Å². The topological polar surface area (TPSA) is 60.4 Å². The molecule has 0 fully saturated rings. The SMILES string of the molecule is CS(=O)(=O)c1cccc(Oc2cc(Cl)ccc2C=O)c1. The molecule has 20 heavy (non-hydrogen) atoms. The van der Waals surface area contributed by atoms with E-state index in [2.05, 4.69) is 0 Å². The number of carbonyl (C=O) groups excluding carboxylic acids is 1. The fraction of sp³-hybridized carbons (Fsp3) is 0.0714. The number of hydrogen-bond donors (Lipinski definition) is 0. The molecule has 2 aromatic rings. The van der Waals surface area contributed by atoms with Gasteiger partial charge in [-0.05, 0) is 30.3 Å². The van der Waals surface area contributed by atoms with Crippen molar-refractivity contribution in [2.24, 2.45) is 0 Å². The largest absolute Gasteiger partial charge is 0.457 e. The molecule has 104 valence electrons. The smallest absolute Gasteiger partial charge is 0.175 e. The molecule has 0 saturated carbocycles. The highest BCUT2D eigenvalue weighted by Gasteiger charge is 2.10. The number of rotatable bonds is 4. The molecule has 4 nitrogen and oxygen atoms in total. The van der Waals surface area contributed by atoms with Crippen LogP contribution in [0.5, 0.6) is 11.5 Å². The van der Waals surface area contributed by atoms with E-state index in [1.807, 2.05) is 0 Å². The Balaban J connectivity index is 2.40. The standard InChI is InChI=1S/C14H11ClO4S/c1-20(17,18)13-4-2-3-12(8-13)19-14-7-11(15)6-5-10(14)9-16/h2-9H,1H3. The quantitative estimate of drug-likeness (QED) is 0.813. The third-order valence-electron chi connectivity index (χ3n) is 2.56. The molecule has 0 spiro atoms. The van der Waals surface area contributed by atoms with Crippen molar-refractivity contribution in [3.8, 4) is 11.5 Å². The van der Waals surface area contributed by atoms with Crippen LogP contribution in [0.25, 0.3) is 0 Å². The molecule has 2 aromatic carbocycles. The maximum absolute atomic E-state index is 11.5. The summed E-state index contributed by atoms with van der Waals surface area (Å²) in [7, 11) is -3.32. The van der Waals surface area contributed by atoms with Crippen molar-refractivity contribution in [3.05, 3.63) is 53.1 Å². The molecule has 0 aromatic heterocycles.